The van der Waals surface area contributed by atoms with Crippen molar-refractivity contribution in [3.05, 3.63) is 70.3 Å². The molecule has 0 unspecified atom stereocenters. The first-order chi connectivity index (χ1) is 14.2. The van der Waals surface area contributed by atoms with Crippen LogP contribution in [-0.4, -0.2) is 25.3 Å². The monoisotopic (exact) mass is 432 g/mol. The summed E-state index contributed by atoms with van der Waals surface area (Å²) in [5, 5.41) is 0. The van der Waals surface area contributed by atoms with Gasteiger partial charge in [-0.1, -0.05) is 12.1 Å². The zero-order valence-electron chi connectivity index (χ0n) is 15.0. The summed E-state index contributed by atoms with van der Waals surface area (Å²) in [5.41, 5.74) is 10.3. The quantitative estimate of drug-likeness (QED) is 0.564. The minimum atomic E-state index is -1.51. The maximum atomic E-state index is 13.3. The van der Waals surface area contributed by atoms with Crippen molar-refractivity contribution in [1.29, 1.82) is 0 Å². The Kier molecular flexibility index (Phi) is 6.04. The largest absolute Gasteiger partial charge is 0.463 e. The summed E-state index contributed by atoms with van der Waals surface area (Å²) in [4.78, 5) is 7.47. The lowest BCUT2D eigenvalue weighted by molar-refractivity contribution is 0.310. The van der Waals surface area contributed by atoms with E-state index in [4.69, 9.17) is 20.9 Å². The lowest BCUT2D eigenvalue weighted by atomic mass is 10.1. The molecular weight excluding hydrogens is 418 g/mol. The Morgan fingerprint density at radius 3 is 1.30 bits per heavy atom. The average molecular weight is 432 g/mol. The zero-order chi connectivity index (χ0) is 22.0. The van der Waals surface area contributed by atoms with Crippen LogP contribution in [0.5, 0.6) is 0 Å². The summed E-state index contributed by atoms with van der Waals surface area (Å²) >= 11 is 0. The van der Waals surface area contributed by atoms with E-state index in [2.05, 4.69) is 9.98 Å². The van der Waals surface area contributed by atoms with Crippen LogP contribution >= 0.6 is 0 Å². The van der Waals surface area contributed by atoms with Crippen LogP contribution in [0.15, 0.2) is 34.3 Å². The van der Waals surface area contributed by atoms with Crippen molar-refractivity contribution < 1.29 is 35.8 Å². The predicted octanol–water partition coefficient (Wildman–Crippen LogP) is 2.98. The number of benzene rings is 2. The van der Waals surface area contributed by atoms with Gasteiger partial charge in [0, 0.05) is 11.1 Å². The number of hydrogen-bond donors (Lipinski definition) is 2. The molecule has 0 spiro atoms. The second-order valence-electron chi connectivity index (χ2n) is 6.12. The van der Waals surface area contributed by atoms with E-state index in [1.165, 1.54) is 0 Å². The third kappa shape index (κ3) is 4.26. The van der Waals surface area contributed by atoms with Crippen LogP contribution < -0.4 is 11.5 Å². The van der Waals surface area contributed by atoms with Crippen LogP contribution in [0.1, 0.15) is 23.2 Å². The van der Waals surface area contributed by atoms with Gasteiger partial charge >= 0.3 is 0 Å². The number of nitrogens with two attached hydrogens (primary N) is 2. The molecule has 0 aliphatic carbocycles. The van der Waals surface area contributed by atoms with Crippen LogP contribution in [0.25, 0.3) is 0 Å². The highest BCUT2D eigenvalue weighted by atomic mass is 19.2. The normalized spacial score (nSPS) is 19.9. The molecule has 6 nitrogen and oxygen atoms in total. The van der Waals surface area contributed by atoms with Gasteiger partial charge in [0.1, 0.15) is 25.3 Å². The maximum Gasteiger partial charge on any atom is 0.282 e. The molecule has 30 heavy (non-hydrogen) atoms. The van der Waals surface area contributed by atoms with Gasteiger partial charge in [-0.15, -0.1) is 0 Å². The van der Waals surface area contributed by atoms with Crippen LogP contribution in [0.2, 0.25) is 0 Å². The number of halogens is 6. The van der Waals surface area contributed by atoms with Gasteiger partial charge in [0.15, 0.2) is 34.9 Å². The molecule has 2 aromatic rings. The molecule has 0 amide bonds. The predicted molar refractivity (Wildman–Crippen MR) is 93.3 cm³/mol. The number of nitrogens with zero attached hydrogens (tertiary/aromatic N) is 2. The van der Waals surface area contributed by atoms with Crippen molar-refractivity contribution in [2.75, 3.05) is 13.2 Å². The number of ether oxygens (including phenoxy) is 2. The first-order valence-electron chi connectivity index (χ1n) is 8.38. The van der Waals surface area contributed by atoms with Crippen LogP contribution in [0.4, 0.5) is 26.3 Å². The molecule has 12 heteroatoms. The molecule has 2 aliphatic heterocycles. The summed E-state index contributed by atoms with van der Waals surface area (Å²) in [6, 6.07) is 2.37. The van der Waals surface area contributed by atoms with Gasteiger partial charge in [-0.3, -0.25) is 0 Å². The molecule has 160 valence electrons. The van der Waals surface area contributed by atoms with E-state index in [0.717, 1.165) is 24.3 Å². The minimum absolute atomic E-state index is 0.0355. The fourth-order valence-electron chi connectivity index (χ4n) is 2.70. The Balaban J connectivity index is 0.000000171. The summed E-state index contributed by atoms with van der Waals surface area (Å²) in [6.07, 6.45) is 0. The summed E-state index contributed by atoms with van der Waals surface area (Å²) in [7, 11) is 0. The van der Waals surface area contributed by atoms with E-state index in [-0.39, 0.29) is 36.4 Å². The molecule has 2 atom stereocenters. The Bertz CT molecular complexity index is 949. The summed E-state index contributed by atoms with van der Waals surface area (Å²) in [5.74, 6) is -7.97. The van der Waals surface area contributed by atoms with Crippen LogP contribution in [0.3, 0.4) is 0 Å². The molecule has 4 rings (SSSR count). The second kappa shape index (κ2) is 8.51. The van der Waals surface area contributed by atoms with E-state index in [1.54, 1.807) is 0 Å². The zero-order valence-corrected chi connectivity index (χ0v) is 15.0. The van der Waals surface area contributed by atoms with Crippen molar-refractivity contribution in [3.8, 4) is 0 Å². The number of rotatable bonds is 2. The third-order valence-electron chi connectivity index (χ3n) is 4.19. The fraction of sp³-hybridized carbons (Fsp3) is 0.222. The smallest absolute Gasteiger partial charge is 0.282 e. The van der Waals surface area contributed by atoms with E-state index in [0.29, 0.717) is 0 Å². The lowest BCUT2D eigenvalue weighted by Crippen LogP contribution is -2.10. The number of hydrogen-bond acceptors (Lipinski definition) is 6. The van der Waals surface area contributed by atoms with Gasteiger partial charge in [-0.05, 0) is 12.1 Å². The highest BCUT2D eigenvalue weighted by Gasteiger charge is 2.26. The molecule has 0 aromatic heterocycles. The van der Waals surface area contributed by atoms with Gasteiger partial charge < -0.3 is 20.9 Å². The van der Waals surface area contributed by atoms with Crippen LogP contribution in [-0.2, 0) is 9.47 Å². The highest BCUT2D eigenvalue weighted by Crippen LogP contribution is 2.28. The summed E-state index contributed by atoms with van der Waals surface area (Å²) in [6.45, 7) is 0.0711. The van der Waals surface area contributed by atoms with Gasteiger partial charge in [0.2, 0.25) is 0 Å². The first kappa shape index (κ1) is 21.3. The molecule has 4 N–H and O–H groups in total. The highest BCUT2D eigenvalue weighted by molar-refractivity contribution is 5.73. The maximum absolute atomic E-state index is 13.3. The van der Waals surface area contributed by atoms with Crippen LogP contribution in [0, 0.1) is 34.9 Å². The first-order valence-corrected chi connectivity index (χ1v) is 8.38. The SMILES string of the molecule is NC1=N[C@@H](c2ccc(F)c(F)c2F)CO1.NC1=N[C@H](c2ccc(F)c(F)c2F)CO1. The molecule has 0 saturated heterocycles. The van der Waals surface area contributed by atoms with Crippen molar-refractivity contribution in [2.45, 2.75) is 12.1 Å². The molecule has 2 aromatic carbocycles. The van der Waals surface area contributed by atoms with E-state index in [1.807, 2.05) is 0 Å². The van der Waals surface area contributed by atoms with Crippen molar-refractivity contribution in [2.24, 2.45) is 21.5 Å². The molecule has 0 bridgehead atoms. The Morgan fingerprint density at radius 1 is 0.633 bits per heavy atom. The second-order valence-corrected chi connectivity index (χ2v) is 6.12. The molecule has 0 radical (unpaired) electrons. The standard InChI is InChI=1S/2C9H7F3N2O/c2*10-5-2-1-4(7(11)8(5)12)6-3-15-9(13)14-6/h2*1-2,6H,3H2,(H2,13,14)/t2*6-/m10/s1. The van der Waals surface area contributed by atoms with Gasteiger partial charge in [0.05, 0.1) is 0 Å². The fourth-order valence-corrected chi connectivity index (χ4v) is 2.70. The van der Waals surface area contributed by atoms with E-state index >= 15 is 0 Å². The molecule has 2 heterocycles. The van der Waals surface area contributed by atoms with Gasteiger partial charge in [-0.2, -0.15) is 0 Å². The minimum Gasteiger partial charge on any atom is -0.463 e. The lowest BCUT2D eigenvalue weighted by Gasteiger charge is -2.07. The third-order valence-corrected chi connectivity index (χ3v) is 4.19. The van der Waals surface area contributed by atoms with Gasteiger partial charge in [-0.25, -0.2) is 36.3 Å². The molecule has 0 fully saturated rings. The Labute approximate surface area is 165 Å². The topological polar surface area (TPSA) is 95.2 Å². The molecular formula is C18H14F6N4O2. The van der Waals surface area contributed by atoms with Crippen molar-refractivity contribution in [3.63, 3.8) is 0 Å². The Morgan fingerprint density at radius 2 is 1.00 bits per heavy atom. The average Bonchev–Trinajstić information content (AvgIpc) is 3.33. The van der Waals surface area contributed by atoms with E-state index < -0.39 is 47.0 Å². The van der Waals surface area contributed by atoms with E-state index in [9.17, 15) is 26.3 Å². The summed E-state index contributed by atoms with van der Waals surface area (Å²) < 4.78 is 87.1. The van der Waals surface area contributed by atoms with Gasteiger partial charge in [0.25, 0.3) is 12.0 Å². The number of amidine groups is 2. The molecule has 0 saturated carbocycles. The van der Waals surface area contributed by atoms with Crippen molar-refractivity contribution in [1.82, 2.24) is 0 Å². The number of aliphatic imine (C=N–C) groups is 2. The Hall–Kier alpha value is -3.44. The molecule has 2 aliphatic rings. The van der Waals surface area contributed by atoms with Crippen molar-refractivity contribution >= 4 is 12.0 Å².